The fraction of sp³-hybridized carbons (Fsp3) is 1.00. The number of ether oxygens (including phenoxy) is 1. The quantitative estimate of drug-likeness (QED) is 0.742. The van der Waals surface area contributed by atoms with Crippen LogP contribution >= 0.6 is 0 Å². The Hall–Kier alpha value is -0.120. The van der Waals surface area contributed by atoms with Gasteiger partial charge in [0.25, 0.3) is 0 Å². The van der Waals surface area contributed by atoms with Crippen molar-refractivity contribution in [3.8, 4) is 0 Å². The van der Waals surface area contributed by atoms with Crippen LogP contribution < -0.4 is 5.32 Å². The first-order valence-electron chi connectivity index (χ1n) is 6.75. The summed E-state index contributed by atoms with van der Waals surface area (Å²) >= 11 is 0. The van der Waals surface area contributed by atoms with Gasteiger partial charge in [0.15, 0.2) is 0 Å². The second kappa shape index (κ2) is 5.48. The summed E-state index contributed by atoms with van der Waals surface area (Å²) in [5.41, 5.74) is 0.662. The topological polar surface area (TPSA) is 24.5 Å². The van der Waals surface area contributed by atoms with Gasteiger partial charge in [0, 0.05) is 26.2 Å². The van der Waals surface area contributed by atoms with Gasteiger partial charge in [0.05, 0.1) is 12.7 Å². The lowest BCUT2D eigenvalue weighted by Gasteiger charge is -2.30. The van der Waals surface area contributed by atoms with Crippen LogP contribution in [-0.2, 0) is 4.74 Å². The molecule has 16 heavy (non-hydrogen) atoms. The Labute approximate surface area is 99.5 Å². The van der Waals surface area contributed by atoms with Crippen LogP contribution in [-0.4, -0.2) is 50.8 Å². The van der Waals surface area contributed by atoms with E-state index in [4.69, 9.17) is 4.74 Å². The van der Waals surface area contributed by atoms with E-state index in [1.54, 1.807) is 0 Å². The molecule has 1 aliphatic carbocycles. The third-order valence-electron chi connectivity index (χ3n) is 3.95. The van der Waals surface area contributed by atoms with Crippen LogP contribution in [0.5, 0.6) is 0 Å². The first-order valence-corrected chi connectivity index (χ1v) is 6.75. The largest absolute Gasteiger partial charge is 0.374 e. The van der Waals surface area contributed by atoms with Crippen molar-refractivity contribution in [2.75, 3.05) is 39.8 Å². The number of rotatable bonds is 6. The van der Waals surface area contributed by atoms with Crippen LogP contribution in [0.1, 0.15) is 32.6 Å². The third-order valence-corrected chi connectivity index (χ3v) is 3.95. The maximum absolute atomic E-state index is 5.74. The van der Waals surface area contributed by atoms with Gasteiger partial charge in [-0.05, 0) is 31.7 Å². The Kier molecular flexibility index (Phi) is 4.22. The van der Waals surface area contributed by atoms with Crippen molar-refractivity contribution in [3.05, 3.63) is 0 Å². The number of likely N-dealkylation sites (N-methyl/N-ethyl adjacent to an activating group) is 1. The van der Waals surface area contributed by atoms with Crippen LogP contribution in [0.3, 0.4) is 0 Å². The zero-order valence-corrected chi connectivity index (χ0v) is 10.8. The van der Waals surface area contributed by atoms with Crippen LogP contribution in [0.2, 0.25) is 0 Å². The molecule has 0 bridgehead atoms. The number of morpholine rings is 1. The number of nitrogens with one attached hydrogen (secondary N) is 1. The van der Waals surface area contributed by atoms with Crippen LogP contribution in [0, 0.1) is 5.41 Å². The predicted octanol–water partition coefficient (Wildman–Crippen LogP) is 1.49. The summed E-state index contributed by atoms with van der Waals surface area (Å²) in [5, 5.41) is 3.61. The summed E-state index contributed by atoms with van der Waals surface area (Å²) in [6.07, 6.45) is 5.98. The van der Waals surface area contributed by atoms with Gasteiger partial charge in [0.2, 0.25) is 0 Å². The number of hydrogen-bond acceptors (Lipinski definition) is 3. The normalized spacial score (nSPS) is 29.2. The summed E-state index contributed by atoms with van der Waals surface area (Å²) in [6.45, 7) is 7.56. The summed E-state index contributed by atoms with van der Waals surface area (Å²) in [6, 6.07) is 0. The second-order valence-corrected chi connectivity index (χ2v) is 5.64. The lowest BCUT2D eigenvalue weighted by Crippen LogP contribution is -2.45. The predicted molar refractivity (Wildman–Crippen MR) is 66.7 cm³/mol. The molecule has 2 fully saturated rings. The first kappa shape index (κ1) is 12.3. The molecule has 2 aliphatic rings. The summed E-state index contributed by atoms with van der Waals surface area (Å²) < 4.78 is 5.74. The molecule has 2 rings (SSSR count). The lowest BCUT2D eigenvalue weighted by molar-refractivity contribution is -0.0185. The zero-order valence-electron chi connectivity index (χ0n) is 10.8. The lowest BCUT2D eigenvalue weighted by atomic mass is 10.0. The van der Waals surface area contributed by atoms with Crippen LogP contribution in [0.15, 0.2) is 0 Å². The highest BCUT2D eigenvalue weighted by Gasteiger charge is 2.40. The zero-order chi connectivity index (χ0) is 11.4. The summed E-state index contributed by atoms with van der Waals surface area (Å²) in [7, 11) is 2.18. The third kappa shape index (κ3) is 3.44. The minimum Gasteiger partial charge on any atom is -0.374 e. The molecule has 94 valence electrons. The first-order chi connectivity index (χ1) is 7.74. The van der Waals surface area contributed by atoms with Crippen molar-refractivity contribution >= 4 is 0 Å². The maximum atomic E-state index is 5.74. The second-order valence-electron chi connectivity index (χ2n) is 5.64. The molecule has 0 radical (unpaired) electrons. The van der Waals surface area contributed by atoms with Gasteiger partial charge in [-0.15, -0.1) is 0 Å². The molecule has 3 heteroatoms. The molecule has 1 unspecified atom stereocenters. The minimum atomic E-state index is 0.399. The molecule has 1 saturated heterocycles. The Morgan fingerprint density at radius 2 is 2.25 bits per heavy atom. The molecule has 1 atom stereocenters. The maximum Gasteiger partial charge on any atom is 0.0826 e. The van der Waals surface area contributed by atoms with Gasteiger partial charge < -0.3 is 15.0 Å². The van der Waals surface area contributed by atoms with Crippen molar-refractivity contribution in [1.82, 2.24) is 10.2 Å². The van der Waals surface area contributed by atoms with E-state index in [0.717, 1.165) is 26.2 Å². The van der Waals surface area contributed by atoms with E-state index < -0.39 is 0 Å². The monoisotopic (exact) mass is 226 g/mol. The average Bonchev–Trinajstić information content (AvgIpc) is 2.99. The van der Waals surface area contributed by atoms with Crippen molar-refractivity contribution in [3.63, 3.8) is 0 Å². The Balaban J connectivity index is 1.60. The highest BCUT2D eigenvalue weighted by atomic mass is 16.5. The molecule has 0 aromatic carbocycles. The molecule has 1 N–H and O–H groups in total. The molecular formula is C13H26N2O. The van der Waals surface area contributed by atoms with Crippen molar-refractivity contribution in [1.29, 1.82) is 0 Å². The Morgan fingerprint density at radius 3 is 2.88 bits per heavy atom. The fourth-order valence-corrected chi connectivity index (χ4v) is 2.71. The fourth-order valence-electron chi connectivity index (χ4n) is 2.71. The number of nitrogens with zero attached hydrogens (tertiary/aromatic N) is 1. The molecule has 0 aromatic heterocycles. The van der Waals surface area contributed by atoms with Crippen molar-refractivity contribution in [2.24, 2.45) is 5.41 Å². The molecular weight excluding hydrogens is 200 g/mol. The van der Waals surface area contributed by atoms with Gasteiger partial charge in [-0.25, -0.2) is 0 Å². The van der Waals surface area contributed by atoms with Gasteiger partial charge in [0.1, 0.15) is 0 Å². The average molecular weight is 226 g/mol. The molecule has 1 aliphatic heterocycles. The van der Waals surface area contributed by atoms with E-state index in [1.807, 2.05) is 0 Å². The Morgan fingerprint density at radius 1 is 1.44 bits per heavy atom. The highest BCUT2D eigenvalue weighted by Crippen LogP contribution is 2.48. The standard InChI is InChI=1S/C13H26N2O/c1-3-4-13(5-6-13)11-14-9-12-10-15(2)7-8-16-12/h12,14H,3-11H2,1-2H3. The van der Waals surface area contributed by atoms with E-state index in [1.165, 1.54) is 32.2 Å². The van der Waals surface area contributed by atoms with E-state index >= 15 is 0 Å². The smallest absolute Gasteiger partial charge is 0.0826 e. The molecule has 1 saturated carbocycles. The van der Waals surface area contributed by atoms with Gasteiger partial charge in [-0.2, -0.15) is 0 Å². The summed E-state index contributed by atoms with van der Waals surface area (Å²) in [4.78, 5) is 2.36. The van der Waals surface area contributed by atoms with E-state index in [-0.39, 0.29) is 0 Å². The van der Waals surface area contributed by atoms with Gasteiger partial charge in [-0.1, -0.05) is 13.3 Å². The number of hydrogen-bond donors (Lipinski definition) is 1. The molecule has 0 amide bonds. The molecule has 1 heterocycles. The van der Waals surface area contributed by atoms with Crippen molar-refractivity contribution < 1.29 is 4.74 Å². The van der Waals surface area contributed by atoms with E-state index in [9.17, 15) is 0 Å². The Bertz CT molecular complexity index is 216. The molecule has 3 nitrogen and oxygen atoms in total. The highest BCUT2D eigenvalue weighted by molar-refractivity contribution is 4.94. The molecule has 0 spiro atoms. The SMILES string of the molecule is CCCC1(CNCC2CN(C)CCO2)CC1. The van der Waals surface area contributed by atoms with Crippen LogP contribution in [0.25, 0.3) is 0 Å². The van der Waals surface area contributed by atoms with Crippen molar-refractivity contribution in [2.45, 2.75) is 38.7 Å². The summed E-state index contributed by atoms with van der Waals surface area (Å²) in [5.74, 6) is 0. The van der Waals surface area contributed by atoms with Crippen LogP contribution in [0.4, 0.5) is 0 Å². The van der Waals surface area contributed by atoms with Gasteiger partial charge in [-0.3, -0.25) is 0 Å². The van der Waals surface area contributed by atoms with Gasteiger partial charge >= 0.3 is 0 Å². The van der Waals surface area contributed by atoms with E-state index in [2.05, 4.69) is 24.2 Å². The van der Waals surface area contributed by atoms with E-state index in [0.29, 0.717) is 11.5 Å². The minimum absolute atomic E-state index is 0.399. The molecule has 0 aromatic rings.